The Balaban J connectivity index is 1.46. The third kappa shape index (κ3) is 5.53. The second kappa shape index (κ2) is 9.32. The number of hydrogen-bond acceptors (Lipinski definition) is 7. The summed E-state index contributed by atoms with van der Waals surface area (Å²) in [6.45, 7) is 3.05. The van der Waals surface area contributed by atoms with Gasteiger partial charge in [-0.2, -0.15) is 0 Å². The number of aromatic nitrogens is 1. The molecule has 1 aromatic carbocycles. The SMILES string of the molecule is CC(=O)Nc1nc(C(=O)OCC(=O)Nc2ccc(N3CCCCC3)cc2)cs1. The van der Waals surface area contributed by atoms with Gasteiger partial charge in [0.25, 0.3) is 5.91 Å². The van der Waals surface area contributed by atoms with E-state index in [2.05, 4.69) is 20.5 Å². The van der Waals surface area contributed by atoms with Crippen LogP contribution in [0.4, 0.5) is 16.5 Å². The fourth-order valence-electron chi connectivity index (χ4n) is 2.89. The van der Waals surface area contributed by atoms with Crippen LogP contribution in [0.3, 0.4) is 0 Å². The number of rotatable bonds is 6. The van der Waals surface area contributed by atoms with Crippen LogP contribution in [0, 0.1) is 0 Å². The van der Waals surface area contributed by atoms with Crippen molar-refractivity contribution in [1.82, 2.24) is 4.98 Å². The van der Waals surface area contributed by atoms with Gasteiger partial charge in [-0.05, 0) is 43.5 Å². The number of benzene rings is 1. The Morgan fingerprint density at radius 1 is 1.11 bits per heavy atom. The summed E-state index contributed by atoms with van der Waals surface area (Å²) >= 11 is 1.11. The van der Waals surface area contributed by atoms with Gasteiger partial charge < -0.3 is 20.3 Å². The summed E-state index contributed by atoms with van der Waals surface area (Å²) < 4.78 is 4.97. The van der Waals surface area contributed by atoms with Gasteiger partial charge in [-0.3, -0.25) is 9.59 Å². The van der Waals surface area contributed by atoms with Crippen LogP contribution < -0.4 is 15.5 Å². The molecule has 0 spiro atoms. The van der Waals surface area contributed by atoms with Crippen LogP contribution in [0.15, 0.2) is 29.6 Å². The summed E-state index contributed by atoms with van der Waals surface area (Å²) in [6, 6.07) is 7.63. The molecule has 0 aliphatic carbocycles. The molecule has 1 aromatic heterocycles. The molecule has 2 amide bonds. The number of thiazole rings is 1. The molecule has 0 atom stereocenters. The highest BCUT2D eigenvalue weighted by atomic mass is 32.1. The standard InChI is InChI=1S/C19H22N4O4S/c1-13(24)20-19-22-16(12-28-19)18(26)27-11-17(25)21-14-5-7-15(8-6-14)23-9-3-2-4-10-23/h5-8,12H,2-4,9-11H2,1H3,(H,21,25)(H,20,22,24). The monoisotopic (exact) mass is 402 g/mol. The lowest BCUT2D eigenvalue weighted by Crippen LogP contribution is -2.29. The molecule has 0 radical (unpaired) electrons. The van der Waals surface area contributed by atoms with E-state index in [-0.39, 0.29) is 11.6 Å². The van der Waals surface area contributed by atoms with E-state index in [1.165, 1.54) is 31.6 Å². The van der Waals surface area contributed by atoms with Crippen LogP contribution in [0.2, 0.25) is 0 Å². The quantitative estimate of drug-likeness (QED) is 0.721. The topological polar surface area (TPSA) is 101 Å². The number of carbonyl (C=O) groups excluding carboxylic acids is 3. The molecule has 8 nitrogen and oxygen atoms in total. The van der Waals surface area contributed by atoms with E-state index in [4.69, 9.17) is 4.74 Å². The van der Waals surface area contributed by atoms with E-state index >= 15 is 0 Å². The molecule has 1 aliphatic rings. The van der Waals surface area contributed by atoms with Gasteiger partial charge in [0.1, 0.15) is 0 Å². The second-order valence-electron chi connectivity index (χ2n) is 6.44. The third-order valence-corrected chi connectivity index (χ3v) is 4.96. The average molecular weight is 402 g/mol. The highest BCUT2D eigenvalue weighted by Gasteiger charge is 2.15. The first-order valence-electron chi connectivity index (χ1n) is 9.06. The Labute approximate surface area is 166 Å². The van der Waals surface area contributed by atoms with E-state index in [0.29, 0.717) is 10.8 Å². The number of carbonyl (C=O) groups is 3. The number of anilines is 3. The predicted molar refractivity (Wildman–Crippen MR) is 108 cm³/mol. The maximum Gasteiger partial charge on any atom is 0.358 e. The summed E-state index contributed by atoms with van der Waals surface area (Å²) in [6.07, 6.45) is 3.68. The number of nitrogens with one attached hydrogen (secondary N) is 2. The molecule has 0 saturated carbocycles. The van der Waals surface area contributed by atoms with Gasteiger partial charge in [0, 0.05) is 36.8 Å². The highest BCUT2D eigenvalue weighted by molar-refractivity contribution is 7.14. The van der Waals surface area contributed by atoms with Gasteiger partial charge >= 0.3 is 5.97 Å². The highest BCUT2D eigenvalue weighted by Crippen LogP contribution is 2.22. The summed E-state index contributed by atoms with van der Waals surface area (Å²) in [5, 5.41) is 6.95. The number of nitrogens with zero attached hydrogens (tertiary/aromatic N) is 2. The van der Waals surface area contributed by atoms with Gasteiger partial charge in [-0.15, -0.1) is 11.3 Å². The van der Waals surface area contributed by atoms with Crippen LogP contribution in [0.1, 0.15) is 36.7 Å². The Hall–Kier alpha value is -2.94. The minimum Gasteiger partial charge on any atom is -0.451 e. The number of amides is 2. The number of ether oxygens (including phenoxy) is 1. The molecule has 1 fully saturated rings. The molecule has 9 heteroatoms. The van der Waals surface area contributed by atoms with Crippen LogP contribution in [0.5, 0.6) is 0 Å². The summed E-state index contributed by atoms with van der Waals surface area (Å²) in [7, 11) is 0. The molecule has 2 N–H and O–H groups in total. The fraction of sp³-hybridized carbons (Fsp3) is 0.368. The molecule has 1 saturated heterocycles. The van der Waals surface area contributed by atoms with Crippen molar-refractivity contribution in [3.8, 4) is 0 Å². The number of hydrogen-bond donors (Lipinski definition) is 2. The maximum atomic E-state index is 12.0. The number of piperidine rings is 1. The van der Waals surface area contributed by atoms with Crippen molar-refractivity contribution in [1.29, 1.82) is 0 Å². The van der Waals surface area contributed by atoms with Gasteiger partial charge in [-0.25, -0.2) is 9.78 Å². The van der Waals surface area contributed by atoms with Crippen molar-refractivity contribution in [2.45, 2.75) is 26.2 Å². The van der Waals surface area contributed by atoms with Crippen molar-refractivity contribution in [3.63, 3.8) is 0 Å². The van der Waals surface area contributed by atoms with Gasteiger partial charge in [-0.1, -0.05) is 0 Å². The Kier molecular flexibility index (Phi) is 6.59. The van der Waals surface area contributed by atoms with Gasteiger partial charge in [0.05, 0.1) is 0 Å². The lowest BCUT2D eigenvalue weighted by atomic mass is 10.1. The molecule has 148 valence electrons. The average Bonchev–Trinajstić information content (AvgIpc) is 3.15. The molecule has 28 heavy (non-hydrogen) atoms. The van der Waals surface area contributed by atoms with E-state index in [1.54, 1.807) is 0 Å². The lowest BCUT2D eigenvalue weighted by Gasteiger charge is -2.28. The Morgan fingerprint density at radius 2 is 1.82 bits per heavy atom. The molecular weight excluding hydrogens is 380 g/mol. The largest absolute Gasteiger partial charge is 0.451 e. The lowest BCUT2D eigenvalue weighted by molar-refractivity contribution is -0.119. The van der Waals surface area contributed by atoms with Crippen LogP contribution in [-0.4, -0.2) is 42.5 Å². The first-order chi connectivity index (χ1) is 13.5. The zero-order valence-electron chi connectivity index (χ0n) is 15.6. The van der Waals surface area contributed by atoms with Gasteiger partial charge in [0.2, 0.25) is 5.91 Å². The molecule has 0 unspecified atom stereocenters. The molecule has 0 bridgehead atoms. The first kappa shape index (κ1) is 19.8. The minimum absolute atomic E-state index is 0.0486. The zero-order valence-corrected chi connectivity index (χ0v) is 16.4. The molecule has 3 rings (SSSR count). The first-order valence-corrected chi connectivity index (χ1v) is 9.94. The normalized spacial score (nSPS) is 13.7. The van der Waals surface area contributed by atoms with Crippen molar-refractivity contribution >= 4 is 45.6 Å². The third-order valence-electron chi connectivity index (χ3n) is 4.20. The van der Waals surface area contributed by atoms with Crippen molar-refractivity contribution in [2.24, 2.45) is 0 Å². The fourth-order valence-corrected chi connectivity index (χ4v) is 3.61. The van der Waals surface area contributed by atoms with E-state index < -0.39 is 18.5 Å². The van der Waals surface area contributed by atoms with E-state index in [9.17, 15) is 14.4 Å². The van der Waals surface area contributed by atoms with Crippen LogP contribution in [0.25, 0.3) is 0 Å². The summed E-state index contributed by atoms with van der Waals surface area (Å²) in [4.78, 5) is 41.2. The Morgan fingerprint density at radius 3 is 2.50 bits per heavy atom. The van der Waals surface area contributed by atoms with E-state index in [1.807, 2.05) is 24.3 Å². The van der Waals surface area contributed by atoms with Crippen molar-refractivity contribution in [2.75, 3.05) is 35.2 Å². The molecular formula is C19H22N4O4S. The van der Waals surface area contributed by atoms with Crippen molar-refractivity contribution < 1.29 is 19.1 Å². The molecule has 2 aromatic rings. The summed E-state index contributed by atoms with van der Waals surface area (Å²) in [5.74, 6) is -1.43. The smallest absolute Gasteiger partial charge is 0.358 e. The summed E-state index contributed by atoms with van der Waals surface area (Å²) in [5.41, 5.74) is 1.83. The molecule has 2 heterocycles. The second-order valence-corrected chi connectivity index (χ2v) is 7.30. The Bertz CT molecular complexity index is 844. The van der Waals surface area contributed by atoms with Gasteiger partial charge in [0.15, 0.2) is 17.4 Å². The number of esters is 1. The van der Waals surface area contributed by atoms with E-state index in [0.717, 1.165) is 30.1 Å². The molecule has 1 aliphatic heterocycles. The zero-order chi connectivity index (χ0) is 19.9. The van der Waals surface area contributed by atoms with Crippen LogP contribution >= 0.6 is 11.3 Å². The predicted octanol–water partition coefficient (Wildman–Crippen LogP) is 2.89. The van der Waals surface area contributed by atoms with Crippen LogP contribution in [-0.2, 0) is 14.3 Å². The van der Waals surface area contributed by atoms with Crippen molar-refractivity contribution in [3.05, 3.63) is 35.3 Å². The minimum atomic E-state index is -0.719. The maximum absolute atomic E-state index is 12.0.